The Morgan fingerprint density at radius 3 is 2.21 bits per heavy atom. The Morgan fingerprint density at radius 1 is 0.909 bits per heavy atom. The lowest BCUT2D eigenvalue weighted by Crippen LogP contribution is -2.47. The van der Waals surface area contributed by atoms with Crippen LogP contribution in [0.15, 0.2) is 54.7 Å². The van der Waals surface area contributed by atoms with Gasteiger partial charge in [-0.15, -0.1) is 0 Å². The first-order valence-corrected chi connectivity index (χ1v) is 12.0. The van der Waals surface area contributed by atoms with Crippen molar-refractivity contribution in [2.24, 2.45) is 0 Å². The largest absolute Gasteiger partial charge is 0.363 e. The number of hydrogen-bond donors (Lipinski definition) is 1. The van der Waals surface area contributed by atoms with E-state index < -0.39 is 0 Å². The van der Waals surface area contributed by atoms with E-state index in [-0.39, 0.29) is 0 Å². The molecule has 0 radical (unpaired) electrons. The molecular formula is C26H37N7. The van der Waals surface area contributed by atoms with Gasteiger partial charge in [-0.1, -0.05) is 45.4 Å². The van der Waals surface area contributed by atoms with Gasteiger partial charge in [0.1, 0.15) is 17.5 Å². The summed E-state index contributed by atoms with van der Waals surface area (Å²) >= 11 is 0. The molecule has 1 N–H and O–H groups in total. The minimum absolute atomic E-state index is 0.761. The lowest BCUT2D eigenvalue weighted by molar-refractivity contribution is 0.635. The topological polar surface area (TPSA) is 60.4 Å². The number of piperazine rings is 1. The van der Waals surface area contributed by atoms with Crippen molar-refractivity contribution in [2.75, 3.05) is 60.3 Å². The molecule has 0 saturated carbocycles. The van der Waals surface area contributed by atoms with Gasteiger partial charge in [0.05, 0.1) is 0 Å². The normalized spacial score (nSPS) is 13.2. The van der Waals surface area contributed by atoms with Gasteiger partial charge in [-0.2, -0.15) is 9.97 Å². The van der Waals surface area contributed by atoms with Gasteiger partial charge in [-0.3, -0.25) is 0 Å². The third-order valence-corrected chi connectivity index (χ3v) is 5.46. The van der Waals surface area contributed by atoms with Gasteiger partial charge in [0.15, 0.2) is 0 Å². The van der Waals surface area contributed by atoms with Crippen LogP contribution in [0.2, 0.25) is 0 Å². The van der Waals surface area contributed by atoms with Gasteiger partial charge in [-0.25, -0.2) is 4.98 Å². The van der Waals surface area contributed by atoms with E-state index in [4.69, 9.17) is 9.97 Å². The first-order chi connectivity index (χ1) is 16.1. The number of benzene rings is 1. The first-order valence-electron chi connectivity index (χ1n) is 12.0. The highest BCUT2D eigenvalue weighted by molar-refractivity contribution is 5.62. The molecule has 0 spiro atoms. The molecule has 1 aromatic carbocycles. The smallest absolute Gasteiger partial charge is 0.229 e. The summed E-state index contributed by atoms with van der Waals surface area (Å²) in [6.45, 7) is 9.72. The summed E-state index contributed by atoms with van der Waals surface area (Å²) < 4.78 is 0. The molecule has 4 rings (SSSR count). The Morgan fingerprint density at radius 2 is 1.61 bits per heavy atom. The van der Waals surface area contributed by atoms with Crippen molar-refractivity contribution < 1.29 is 0 Å². The number of aryl methyl sites for hydroxylation is 1. The van der Waals surface area contributed by atoms with E-state index in [2.05, 4.69) is 57.4 Å². The molecule has 3 aromatic rings. The maximum Gasteiger partial charge on any atom is 0.229 e. The van der Waals surface area contributed by atoms with Gasteiger partial charge in [0.2, 0.25) is 5.95 Å². The molecule has 176 valence electrons. The predicted octanol–water partition coefficient (Wildman–Crippen LogP) is 4.99. The van der Waals surface area contributed by atoms with E-state index in [1.807, 2.05) is 57.2 Å². The third kappa shape index (κ3) is 6.57. The lowest BCUT2D eigenvalue weighted by atomic mass is 10.1. The Kier molecular flexibility index (Phi) is 8.87. The van der Waals surface area contributed by atoms with Gasteiger partial charge >= 0.3 is 0 Å². The average molecular weight is 448 g/mol. The molecule has 7 nitrogen and oxygen atoms in total. The second-order valence-electron chi connectivity index (χ2n) is 8.04. The Bertz CT molecular complexity index is 966. The summed E-state index contributed by atoms with van der Waals surface area (Å²) in [5.74, 6) is 3.49. The zero-order valence-electron chi connectivity index (χ0n) is 20.6. The maximum atomic E-state index is 4.83. The van der Waals surface area contributed by atoms with Gasteiger partial charge < -0.3 is 20.0 Å². The van der Waals surface area contributed by atoms with Gasteiger partial charge in [-0.05, 0) is 36.2 Å². The van der Waals surface area contributed by atoms with Crippen LogP contribution in [0.1, 0.15) is 32.8 Å². The van der Waals surface area contributed by atoms with Crippen LogP contribution in [0.25, 0.3) is 0 Å². The second kappa shape index (κ2) is 12.0. The molecule has 1 aliphatic rings. The van der Waals surface area contributed by atoms with E-state index in [1.165, 1.54) is 5.56 Å². The van der Waals surface area contributed by atoms with Crippen LogP contribution >= 0.6 is 0 Å². The lowest BCUT2D eigenvalue weighted by Gasteiger charge is -2.35. The van der Waals surface area contributed by atoms with Crippen LogP contribution in [0, 0.1) is 0 Å². The van der Waals surface area contributed by atoms with Gasteiger partial charge in [0.25, 0.3) is 0 Å². The molecule has 0 aliphatic carbocycles. The van der Waals surface area contributed by atoms with Crippen molar-refractivity contribution in [3.8, 4) is 0 Å². The molecule has 0 bridgehead atoms. The number of hydrogen-bond acceptors (Lipinski definition) is 7. The van der Waals surface area contributed by atoms with Crippen LogP contribution in [-0.4, -0.2) is 55.2 Å². The number of nitrogens with zero attached hydrogens (tertiary/aromatic N) is 6. The van der Waals surface area contributed by atoms with Crippen molar-refractivity contribution >= 4 is 29.1 Å². The number of aromatic nitrogens is 3. The minimum atomic E-state index is 0.761. The number of rotatable bonds is 7. The van der Waals surface area contributed by atoms with E-state index in [1.54, 1.807) is 0 Å². The molecule has 1 saturated heterocycles. The van der Waals surface area contributed by atoms with Crippen LogP contribution in [0.5, 0.6) is 0 Å². The Balaban J connectivity index is 0.00000149. The first kappa shape index (κ1) is 24.3. The van der Waals surface area contributed by atoms with Crippen LogP contribution in [0.3, 0.4) is 0 Å². The highest BCUT2D eigenvalue weighted by atomic mass is 15.3. The molecule has 33 heavy (non-hydrogen) atoms. The quantitative estimate of drug-likeness (QED) is 0.548. The van der Waals surface area contributed by atoms with E-state index in [0.717, 1.165) is 68.1 Å². The van der Waals surface area contributed by atoms with Gasteiger partial charge in [0, 0.05) is 58.2 Å². The standard InChI is InChI=1S/C24H31N7.C2H6/c1-4-7-19-9-11-20(12-10-19)26-21-18-23(29(2)3)28-24(27-21)31-16-14-30(15-17-31)22-8-5-6-13-25-22;1-2/h5-6,8-13,18H,4,7,14-17H2,1-3H3,(H,26,27,28);1-2H3. The molecule has 3 heterocycles. The second-order valence-corrected chi connectivity index (χ2v) is 8.04. The van der Waals surface area contributed by atoms with Crippen molar-refractivity contribution in [1.29, 1.82) is 0 Å². The van der Waals surface area contributed by atoms with Crippen LogP contribution in [0.4, 0.5) is 29.1 Å². The number of pyridine rings is 1. The fourth-order valence-corrected chi connectivity index (χ4v) is 3.72. The van der Waals surface area contributed by atoms with E-state index in [0.29, 0.717) is 0 Å². The zero-order valence-corrected chi connectivity index (χ0v) is 20.6. The predicted molar refractivity (Wildman–Crippen MR) is 140 cm³/mol. The van der Waals surface area contributed by atoms with Crippen molar-refractivity contribution in [3.05, 3.63) is 60.3 Å². The minimum Gasteiger partial charge on any atom is -0.363 e. The number of nitrogens with one attached hydrogen (secondary N) is 1. The average Bonchev–Trinajstić information content (AvgIpc) is 2.87. The fraction of sp³-hybridized carbons (Fsp3) is 0.423. The monoisotopic (exact) mass is 447 g/mol. The van der Waals surface area contributed by atoms with Crippen LogP contribution in [-0.2, 0) is 6.42 Å². The summed E-state index contributed by atoms with van der Waals surface area (Å²) in [6, 6.07) is 16.6. The van der Waals surface area contributed by atoms with Crippen molar-refractivity contribution in [1.82, 2.24) is 15.0 Å². The molecule has 7 heteroatoms. The summed E-state index contributed by atoms with van der Waals surface area (Å²) in [6.07, 6.45) is 4.10. The fourth-order valence-electron chi connectivity index (χ4n) is 3.72. The molecule has 1 aliphatic heterocycles. The highest BCUT2D eigenvalue weighted by Crippen LogP contribution is 2.24. The van der Waals surface area contributed by atoms with Crippen molar-refractivity contribution in [2.45, 2.75) is 33.6 Å². The van der Waals surface area contributed by atoms with E-state index in [9.17, 15) is 0 Å². The number of anilines is 5. The third-order valence-electron chi connectivity index (χ3n) is 5.46. The Hall–Kier alpha value is -3.35. The van der Waals surface area contributed by atoms with Crippen molar-refractivity contribution in [3.63, 3.8) is 0 Å². The summed E-state index contributed by atoms with van der Waals surface area (Å²) in [5.41, 5.74) is 2.39. The highest BCUT2D eigenvalue weighted by Gasteiger charge is 2.21. The molecule has 1 fully saturated rings. The molecule has 0 amide bonds. The summed E-state index contributed by atoms with van der Waals surface area (Å²) in [5, 5.41) is 3.46. The molecule has 2 aromatic heterocycles. The summed E-state index contributed by atoms with van der Waals surface area (Å²) in [4.78, 5) is 20.7. The zero-order chi connectivity index (χ0) is 23.6. The van der Waals surface area contributed by atoms with Crippen LogP contribution < -0.4 is 20.0 Å². The Labute approximate surface area is 198 Å². The molecule has 0 unspecified atom stereocenters. The van der Waals surface area contributed by atoms with E-state index >= 15 is 0 Å². The molecular weight excluding hydrogens is 410 g/mol. The maximum absolute atomic E-state index is 4.83. The SMILES string of the molecule is CC.CCCc1ccc(Nc2cc(N(C)C)nc(N3CCN(c4ccccn4)CC3)n2)cc1. The summed E-state index contributed by atoms with van der Waals surface area (Å²) in [7, 11) is 4.02. The molecule has 0 atom stereocenters.